The Morgan fingerprint density at radius 1 is 1.30 bits per heavy atom. The van der Waals surface area contributed by atoms with Gasteiger partial charge >= 0.3 is 5.97 Å². The molecule has 0 fully saturated rings. The number of methoxy groups -OCH3 is 1. The summed E-state index contributed by atoms with van der Waals surface area (Å²) in [4.78, 5) is 27.6. The Labute approximate surface area is 145 Å². The van der Waals surface area contributed by atoms with E-state index in [1.807, 2.05) is 0 Å². The van der Waals surface area contributed by atoms with Gasteiger partial charge in [-0.3, -0.25) is 9.78 Å². The van der Waals surface area contributed by atoms with E-state index in [9.17, 15) is 9.59 Å². The molecule has 0 saturated heterocycles. The van der Waals surface area contributed by atoms with Crippen molar-refractivity contribution in [3.63, 3.8) is 0 Å². The molecular weight excluding hydrogens is 388 g/mol. The fourth-order valence-corrected chi connectivity index (χ4v) is 2.24. The molecule has 0 unspecified atom stereocenters. The molecule has 8 heteroatoms. The van der Waals surface area contributed by atoms with Crippen molar-refractivity contribution in [2.24, 2.45) is 0 Å². The molecule has 2 rings (SSSR count). The van der Waals surface area contributed by atoms with Gasteiger partial charge < -0.3 is 14.8 Å². The predicted octanol–water partition coefficient (Wildman–Crippen LogP) is 3.30. The average Bonchev–Trinajstić information content (AvgIpc) is 2.53. The number of hydrogen-bond donors (Lipinski definition) is 1. The molecule has 1 aromatic carbocycles. The number of anilines is 1. The second kappa shape index (κ2) is 7.94. The summed E-state index contributed by atoms with van der Waals surface area (Å²) in [6.45, 7) is -0.443. The van der Waals surface area contributed by atoms with Gasteiger partial charge in [-0.05, 0) is 40.2 Å². The second-order valence-corrected chi connectivity index (χ2v) is 5.71. The zero-order valence-electron chi connectivity index (χ0n) is 12.0. The fourth-order valence-electron chi connectivity index (χ4n) is 1.70. The van der Waals surface area contributed by atoms with E-state index < -0.39 is 18.5 Å². The van der Waals surface area contributed by atoms with Crippen molar-refractivity contribution in [2.45, 2.75) is 0 Å². The largest absolute Gasteiger partial charge is 0.495 e. The first-order valence-corrected chi connectivity index (χ1v) is 7.58. The van der Waals surface area contributed by atoms with Gasteiger partial charge in [-0.1, -0.05) is 11.6 Å². The third-order valence-electron chi connectivity index (χ3n) is 2.71. The normalized spacial score (nSPS) is 10.0. The van der Waals surface area contributed by atoms with E-state index in [0.717, 1.165) is 0 Å². The van der Waals surface area contributed by atoms with Crippen molar-refractivity contribution in [3.05, 3.63) is 51.7 Å². The number of esters is 1. The minimum Gasteiger partial charge on any atom is -0.495 e. The molecule has 23 heavy (non-hydrogen) atoms. The van der Waals surface area contributed by atoms with Crippen LogP contribution in [0.25, 0.3) is 0 Å². The molecule has 0 atom stereocenters. The SMILES string of the molecule is COc1ccc(Cl)cc1NC(=O)COC(=O)c1cncc(Br)c1. The van der Waals surface area contributed by atoms with E-state index in [1.165, 1.54) is 19.5 Å². The zero-order chi connectivity index (χ0) is 16.8. The fraction of sp³-hybridized carbons (Fsp3) is 0.133. The van der Waals surface area contributed by atoms with E-state index in [4.69, 9.17) is 21.1 Å². The van der Waals surface area contributed by atoms with Crippen LogP contribution in [0.2, 0.25) is 5.02 Å². The van der Waals surface area contributed by atoms with Crippen molar-refractivity contribution in [1.82, 2.24) is 4.98 Å². The van der Waals surface area contributed by atoms with Gasteiger partial charge in [0.25, 0.3) is 5.91 Å². The topological polar surface area (TPSA) is 77.5 Å². The van der Waals surface area contributed by atoms with Crippen molar-refractivity contribution in [3.8, 4) is 5.75 Å². The van der Waals surface area contributed by atoms with Gasteiger partial charge in [-0.2, -0.15) is 0 Å². The van der Waals surface area contributed by atoms with E-state index >= 15 is 0 Å². The first-order valence-electron chi connectivity index (χ1n) is 6.40. The van der Waals surface area contributed by atoms with Crippen molar-refractivity contribution < 1.29 is 19.1 Å². The minimum absolute atomic E-state index is 0.243. The Hall–Kier alpha value is -2.12. The Bertz CT molecular complexity index is 739. The lowest BCUT2D eigenvalue weighted by atomic mass is 10.3. The number of benzene rings is 1. The van der Waals surface area contributed by atoms with Crippen molar-refractivity contribution >= 4 is 45.1 Å². The third-order valence-corrected chi connectivity index (χ3v) is 3.38. The molecule has 0 saturated carbocycles. The maximum Gasteiger partial charge on any atom is 0.340 e. The summed E-state index contributed by atoms with van der Waals surface area (Å²) in [7, 11) is 1.47. The van der Waals surface area contributed by atoms with Gasteiger partial charge in [0.05, 0.1) is 18.4 Å². The average molecular weight is 400 g/mol. The quantitative estimate of drug-likeness (QED) is 0.781. The number of pyridine rings is 1. The number of aromatic nitrogens is 1. The van der Waals surface area contributed by atoms with Gasteiger partial charge in [-0.15, -0.1) is 0 Å². The molecule has 1 N–H and O–H groups in total. The Balaban J connectivity index is 1.95. The van der Waals surface area contributed by atoms with Crippen LogP contribution in [0.1, 0.15) is 10.4 Å². The standard InChI is InChI=1S/C15H12BrClN2O4/c1-22-13-3-2-11(17)5-12(13)19-14(20)8-23-15(21)9-4-10(16)7-18-6-9/h2-7H,8H2,1H3,(H,19,20). The Kier molecular flexibility index (Phi) is 5.95. The summed E-state index contributed by atoms with van der Waals surface area (Å²) in [6.07, 6.45) is 2.89. The molecular formula is C15H12BrClN2O4. The maximum absolute atomic E-state index is 11.9. The summed E-state index contributed by atoms with van der Waals surface area (Å²) < 4.78 is 10.7. The Morgan fingerprint density at radius 3 is 2.78 bits per heavy atom. The van der Waals surface area contributed by atoms with Crippen LogP contribution >= 0.6 is 27.5 Å². The molecule has 2 aromatic rings. The van der Waals surface area contributed by atoms with Gasteiger partial charge in [0.2, 0.25) is 0 Å². The molecule has 1 amide bonds. The second-order valence-electron chi connectivity index (χ2n) is 4.36. The molecule has 6 nitrogen and oxygen atoms in total. The first-order chi connectivity index (χ1) is 11.0. The number of ether oxygens (including phenoxy) is 2. The van der Waals surface area contributed by atoms with E-state index in [-0.39, 0.29) is 5.56 Å². The van der Waals surface area contributed by atoms with E-state index in [0.29, 0.717) is 20.9 Å². The molecule has 1 aromatic heterocycles. The van der Waals surface area contributed by atoms with Crippen LogP contribution in [0.4, 0.5) is 5.69 Å². The van der Waals surface area contributed by atoms with Crippen LogP contribution < -0.4 is 10.1 Å². The van der Waals surface area contributed by atoms with Crippen molar-refractivity contribution in [1.29, 1.82) is 0 Å². The van der Waals surface area contributed by atoms with Crippen molar-refractivity contribution in [2.75, 3.05) is 19.0 Å². The summed E-state index contributed by atoms with van der Waals surface area (Å²) in [6, 6.07) is 6.35. The van der Waals surface area contributed by atoms with Gasteiger partial charge in [-0.25, -0.2) is 4.79 Å². The van der Waals surface area contributed by atoms with Gasteiger partial charge in [0.1, 0.15) is 5.75 Å². The number of amides is 1. The van der Waals surface area contributed by atoms with Crippen LogP contribution in [-0.4, -0.2) is 30.6 Å². The van der Waals surface area contributed by atoms with Gasteiger partial charge in [0.15, 0.2) is 6.61 Å². The lowest BCUT2D eigenvalue weighted by Crippen LogP contribution is -2.21. The molecule has 0 aliphatic rings. The molecule has 0 spiro atoms. The molecule has 0 aliphatic heterocycles. The molecule has 120 valence electrons. The van der Waals surface area contributed by atoms with Gasteiger partial charge in [0, 0.05) is 21.9 Å². The number of carbonyl (C=O) groups is 2. The minimum atomic E-state index is -0.646. The first kappa shape index (κ1) is 17.2. The lowest BCUT2D eigenvalue weighted by molar-refractivity contribution is -0.119. The highest BCUT2D eigenvalue weighted by Gasteiger charge is 2.13. The predicted molar refractivity (Wildman–Crippen MR) is 88.9 cm³/mol. The summed E-state index contributed by atoms with van der Waals surface area (Å²) in [5.41, 5.74) is 0.637. The molecule has 1 heterocycles. The highest BCUT2D eigenvalue weighted by molar-refractivity contribution is 9.10. The zero-order valence-corrected chi connectivity index (χ0v) is 14.3. The lowest BCUT2D eigenvalue weighted by Gasteiger charge is -2.10. The number of hydrogen-bond acceptors (Lipinski definition) is 5. The molecule has 0 bridgehead atoms. The summed E-state index contributed by atoms with van der Waals surface area (Å²) in [5.74, 6) is -0.709. The van der Waals surface area contributed by atoms with Crippen LogP contribution in [0.3, 0.4) is 0 Å². The highest BCUT2D eigenvalue weighted by Crippen LogP contribution is 2.27. The number of nitrogens with zero attached hydrogens (tertiary/aromatic N) is 1. The summed E-state index contributed by atoms with van der Waals surface area (Å²) in [5, 5.41) is 3.01. The number of carbonyl (C=O) groups excluding carboxylic acids is 2. The van der Waals surface area contributed by atoms with Crippen LogP contribution in [0, 0.1) is 0 Å². The van der Waals surface area contributed by atoms with Crippen LogP contribution in [0.15, 0.2) is 41.1 Å². The third kappa shape index (κ3) is 4.94. The van der Waals surface area contributed by atoms with E-state index in [2.05, 4.69) is 26.2 Å². The van der Waals surface area contributed by atoms with Crippen LogP contribution in [0.5, 0.6) is 5.75 Å². The smallest absolute Gasteiger partial charge is 0.340 e. The van der Waals surface area contributed by atoms with E-state index in [1.54, 1.807) is 24.3 Å². The maximum atomic E-state index is 11.9. The number of halogens is 2. The highest BCUT2D eigenvalue weighted by atomic mass is 79.9. The monoisotopic (exact) mass is 398 g/mol. The molecule has 0 aliphatic carbocycles. The summed E-state index contributed by atoms with van der Waals surface area (Å²) >= 11 is 9.08. The number of nitrogens with one attached hydrogen (secondary N) is 1. The van der Waals surface area contributed by atoms with Crippen LogP contribution in [-0.2, 0) is 9.53 Å². The Morgan fingerprint density at radius 2 is 2.09 bits per heavy atom. The number of rotatable bonds is 5. The molecule has 0 radical (unpaired) electrons.